The number of ether oxygens (including phenoxy) is 2. The zero-order valence-electron chi connectivity index (χ0n) is 18.9. The highest BCUT2D eigenvalue weighted by Crippen LogP contribution is 2.30. The predicted molar refractivity (Wildman–Crippen MR) is 131 cm³/mol. The summed E-state index contributed by atoms with van der Waals surface area (Å²) in [5.74, 6) is 1.46. The van der Waals surface area contributed by atoms with Crippen LogP contribution in [0.5, 0.6) is 0 Å². The molecule has 1 fully saturated rings. The highest BCUT2D eigenvalue weighted by molar-refractivity contribution is 7.16. The molecular weight excluding hydrogens is 472 g/mol. The number of aromatic nitrogens is 1. The summed E-state index contributed by atoms with van der Waals surface area (Å²) < 4.78 is 12.8. The van der Waals surface area contributed by atoms with Crippen LogP contribution in [0.15, 0.2) is 41.4 Å². The van der Waals surface area contributed by atoms with Crippen molar-refractivity contribution in [1.82, 2.24) is 4.57 Å². The lowest BCUT2D eigenvalue weighted by Crippen LogP contribution is -2.36. The van der Waals surface area contributed by atoms with Crippen molar-refractivity contribution < 1.29 is 24.0 Å². The summed E-state index contributed by atoms with van der Waals surface area (Å²) in [5, 5.41) is 11.7. The standard InChI is InChI=1S/C24H22N4O6S/c1-3-9-27-19-8-6-17(23(30)34-4-2)15-21(19)35-24(27)25-22(29)16-5-7-18(20(14-16)28(31)32)26-10-12-33-13-11-26/h1,5-8,14-15H,4,9-13H2,2H3. The van der Waals surface area contributed by atoms with Gasteiger partial charge in [0.25, 0.3) is 11.6 Å². The second-order valence-corrected chi connectivity index (χ2v) is 8.56. The maximum Gasteiger partial charge on any atom is 0.338 e. The lowest BCUT2D eigenvalue weighted by atomic mass is 10.1. The van der Waals surface area contributed by atoms with Crippen LogP contribution in [-0.4, -0.2) is 54.3 Å². The number of carbonyl (C=O) groups excluding carboxylic acids is 2. The number of esters is 1. The van der Waals surface area contributed by atoms with Crippen molar-refractivity contribution in [3.05, 3.63) is 62.4 Å². The van der Waals surface area contributed by atoms with Crippen LogP contribution in [0.4, 0.5) is 11.4 Å². The molecule has 0 bridgehead atoms. The SMILES string of the molecule is C#CCn1c(=NC(=O)c2ccc(N3CCOCC3)c([N+](=O)[O-])c2)sc2cc(C(=O)OCC)ccc21. The molecule has 4 rings (SSSR count). The quantitative estimate of drug-likeness (QED) is 0.224. The number of carbonyl (C=O) groups is 2. The van der Waals surface area contributed by atoms with Crippen LogP contribution >= 0.6 is 11.3 Å². The van der Waals surface area contributed by atoms with E-state index in [9.17, 15) is 19.7 Å². The Morgan fingerprint density at radius 1 is 1.23 bits per heavy atom. The van der Waals surface area contributed by atoms with Crippen LogP contribution in [-0.2, 0) is 16.0 Å². The van der Waals surface area contributed by atoms with Crippen molar-refractivity contribution in [2.75, 3.05) is 37.8 Å². The maximum absolute atomic E-state index is 13.0. The fourth-order valence-electron chi connectivity index (χ4n) is 3.77. The predicted octanol–water partition coefficient (Wildman–Crippen LogP) is 3.00. The molecule has 1 amide bonds. The summed E-state index contributed by atoms with van der Waals surface area (Å²) in [5.41, 5.74) is 1.44. The molecule has 10 nitrogen and oxygen atoms in total. The first kappa shape index (κ1) is 24.1. The number of nitro benzene ring substituents is 1. The minimum Gasteiger partial charge on any atom is -0.462 e. The van der Waals surface area contributed by atoms with Crippen molar-refractivity contribution >= 4 is 44.8 Å². The highest BCUT2D eigenvalue weighted by Gasteiger charge is 2.23. The first-order valence-corrected chi connectivity index (χ1v) is 11.7. The number of rotatable bonds is 6. The number of fused-ring (bicyclic) bond motifs is 1. The first-order valence-electron chi connectivity index (χ1n) is 10.9. The number of nitro groups is 1. The van der Waals surface area contributed by atoms with E-state index in [1.54, 1.807) is 35.8 Å². The van der Waals surface area contributed by atoms with Gasteiger partial charge in [-0.25, -0.2) is 4.79 Å². The van der Waals surface area contributed by atoms with Gasteiger partial charge < -0.3 is 18.9 Å². The van der Waals surface area contributed by atoms with Crippen molar-refractivity contribution in [3.63, 3.8) is 0 Å². The number of benzene rings is 2. The Kier molecular flexibility index (Phi) is 7.24. The number of nitrogens with zero attached hydrogens (tertiary/aromatic N) is 4. The third-order valence-corrected chi connectivity index (χ3v) is 6.45. The lowest BCUT2D eigenvalue weighted by molar-refractivity contribution is -0.384. The Bertz CT molecular complexity index is 1410. The van der Waals surface area contributed by atoms with E-state index in [2.05, 4.69) is 10.9 Å². The zero-order valence-corrected chi connectivity index (χ0v) is 19.7. The Balaban J connectivity index is 1.74. The molecule has 35 heavy (non-hydrogen) atoms. The number of thiazole rings is 1. The van der Waals surface area contributed by atoms with Crippen LogP contribution in [0.25, 0.3) is 10.2 Å². The number of hydrogen-bond donors (Lipinski definition) is 0. The van der Waals surface area contributed by atoms with Gasteiger partial charge in [-0.15, -0.1) is 6.42 Å². The molecule has 0 radical (unpaired) electrons. The van der Waals surface area contributed by atoms with E-state index in [1.165, 1.54) is 23.5 Å². The lowest BCUT2D eigenvalue weighted by Gasteiger charge is -2.28. The van der Waals surface area contributed by atoms with E-state index in [0.717, 1.165) is 0 Å². The van der Waals surface area contributed by atoms with Crippen LogP contribution < -0.4 is 9.70 Å². The van der Waals surface area contributed by atoms with Gasteiger partial charge in [-0.05, 0) is 37.3 Å². The number of anilines is 1. The fourth-order valence-corrected chi connectivity index (χ4v) is 4.84. The van der Waals surface area contributed by atoms with E-state index in [1.807, 2.05) is 4.90 Å². The van der Waals surface area contributed by atoms with Crippen LogP contribution in [0.1, 0.15) is 27.6 Å². The van der Waals surface area contributed by atoms with Crippen LogP contribution in [0, 0.1) is 22.5 Å². The Morgan fingerprint density at radius 3 is 2.66 bits per heavy atom. The van der Waals surface area contributed by atoms with Crippen molar-refractivity contribution in [3.8, 4) is 12.3 Å². The Labute approximate surface area is 204 Å². The van der Waals surface area contributed by atoms with Gasteiger partial charge in [0, 0.05) is 24.7 Å². The minimum atomic E-state index is -0.635. The number of hydrogen-bond acceptors (Lipinski definition) is 8. The molecule has 1 saturated heterocycles. The topological polar surface area (TPSA) is 116 Å². The number of terminal acetylenes is 1. The monoisotopic (exact) mass is 494 g/mol. The first-order chi connectivity index (χ1) is 16.9. The van der Waals surface area contributed by atoms with Crippen LogP contribution in [0.3, 0.4) is 0 Å². The van der Waals surface area contributed by atoms with E-state index in [0.29, 0.717) is 52.6 Å². The minimum absolute atomic E-state index is 0.0886. The third-order valence-electron chi connectivity index (χ3n) is 5.41. The molecule has 1 aliphatic heterocycles. The Hall–Kier alpha value is -4.01. The van der Waals surface area contributed by atoms with Gasteiger partial charge in [-0.1, -0.05) is 17.3 Å². The zero-order chi connectivity index (χ0) is 24.9. The summed E-state index contributed by atoms with van der Waals surface area (Å²) >= 11 is 1.19. The maximum atomic E-state index is 13.0. The molecule has 180 valence electrons. The van der Waals surface area contributed by atoms with E-state index < -0.39 is 16.8 Å². The second-order valence-electron chi connectivity index (χ2n) is 7.55. The molecule has 0 atom stereocenters. The molecule has 2 heterocycles. The number of amides is 1. The molecule has 1 aromatic heterocycles. The highest BCUT2D eigenvalue weighted by atomic mass is 32.1. The van der Waals surface area contributed by atoms with Gasteiger partial charge in [-0.2, -0.15) is 4.99 Å². The summed E-state index contributed by atoms with van der Waals surface area (Å²) in [6, 6.07) is 9.35. The smallest absolute Gasteiger partial charge is 0.338 e. The van der Waals surface area contributed by atoms with Crippen molar-refractivity contribution in [2.45, 2.75) is 13.5 Å². The summed E-state index contributed by atoms with van der Waals surface area (Å²) in [6.07, 6.45) is 5.52. The molecule has 1 aliphatic rings. The molecule has 0 N–H and O–H groups in total. The van der Waals surface area contributed by atoms with Gasteiger partial charge >= 0.3 is 5.97 Å². The van der Waals surface area contributed by atoms with Crippen molar-refractivity contribution in [1.29, 1.82) is 0 Å². The summed E-state index contributed by atoms with van der Waals surface area (Å²) in [7, 11) is 0. The Morgan fingerprint density at radius 2 is 1.97 bits per heavy atom. The second kappa shape index (κ2) is 10.5. The third kappa shape index (κ3) is 5.08. The van der Waals surface area contributed by atoms with Gasteiger partial charge in [-0.3, -0.25) is 14.9 Å². The molecule has 0 spiro atoms. The van der Waals surface area contributed by atoms with Gasteiger partial charge in [0.1, 0.15) is 5.69 Å². The molecule has 3 aromatic rings. The van der Waals surface area contributed by atoms with Gasteiger partial charge in [0.15, 0.2) is 4.80 Å². The fraction of sp³-hybridized carbons (Fsp3) is 0.292. The van der Waals surface area contributed by atoms with E-state index >= 15 is 0 Å². The van der Waals surface area contributed by atoms with E-state index in [-0.39, 0.29) is 24.4 Å². The molecule has 11 heteroatoms. The average molecular weight is 495 g/mol. The van der Waals surface area contributed by atoms with E-state index in [4.69, 9.17) is 15.9 Å². The normalized spacial score (nSPS) is 14.1. The van der Waals surface area contributed by atoms with Gasteiger partial charge in [0.2, 0.25) is 0 Å². The molecule has 0 saturated carbocycles. The van der Waals surface area contributed by atoms with Crippen molar-refractivity contribution in [2.24, 2.45) is 4.99 Å². The molecule has 0 unspecified atom stereocenters. The summed E-state index contributed by atoms with van der Waals surface area (Å²) in [4.78, 5) is 42.7. The largest absolute Gasteiger partial charge is 0.462 e. The number of morpholine rings is 1. The average Bonchev–Trinajstić information content (AvgIpc) is 3.20. The molecular formula is C24H22N4O6S. The van der Waals surface area contributed by atoms with Gasteiger partial charge in [0.05, 0.1) is 47.1 Å². The molecule has 2 aromatic carbocycles. The van der Waals surface area contributed by atoms with Crippen LogP contribution in [0.2, 0.25) is 0 Å². The molecule has 0 aliphatic carbocycles. The summed E-state index contributed by atoms with van der Waals surface area (Å²) in [6.45, 7) is 4.15.